The second kappa shape index (κ2) is 9.76. The van der Waals surface area contributed by atoms with Crippen molar-refractivity contribution in [2.45, 2.75) is 52.7 Å². The summed E-state index contributed by atoms with van der Waals surface area (Å²) in [5.74, 6) is 0.348. The van der Waals surface area contributed by atoms with Gasteiger partial charge in [0.1, 0.15) is 5.75 Å². The van der Waals surface area contributed by atoms with E-state index < -0.39 is 6.10 Å². The molecule has 0 aromatic heterocycles. The third-order valence-corrected chi connectivity index (χ3v) is 4.34. The lowest BCUT2D eigenvalue weighted by atomic mass is 10.1. The predicted molar refractivity (Wildman–Crippen MR) is 108 cm³/mol. The number of rotatable bonds is 8. The molecule has 0 heterocycles. The number of aryl methyl sites for hydroxylation is 1. The molecule has 0 aliphatic rings. The number of hydrogen-bond acceptors (Lipinski definition) is 3. The van der Waals surface area contributed by atoms with Crippen molar-refractivity contribution in [3.8, 4) is 5.75 Å². The van der Waals surface area contributed by atoms with Crippen molar-refractivity contribution in [1.29, 1.82) is 0 Å². The third-order valence-electron chi connectivity index (χ3n) is 4.34. The van der Waals surface area contributed by atoms with Crippen LogP contribution in [0.5, 0.6) is 5.75 Å². The number of benzene rings is 2. The number of amides is 2. The van der Waals surface area contributed by atoms with Crippen molar-refractivity contribution >= 4 is 17.5 Å². The van der Waals surface area contributed by atoms with Crippen molar-refractivity contribution in [2.24, 2.45) is 0 Å². The number of hydrogen-bond donors (Lipinski definition) is 2. The van der Waals surface area contributed by atoms with Gasteiger partial charge < -0.3 is 15.4 Å². The number of carbonyl (C=O) groups excluding carboxylic acids is 2. The Morgan fingerprint density at radius 1 is 1.04 bits per heavy atom. The first kappa shape index (κ1) is 20.5. The van der Waals surface area contributed by atoms with E-state index in [1.54, 1.807) is 24.3 Å². The summed E-state index contributed by atoms with van der Waals surface area (Å²) in [5, 5.41) is 5.77. The summed E-state index contributed by atoms with van der Waals surface area (Å²) in [4.78, 5) is 24.6. The average Bonchev–Trinajstić information content (AvgIpc) is 2.66. The lowest BCUT2D eigenvalue weighted by molar-refractivity contribution is -0.122. The van der Waals surface area contributed by atoms with Gasteiger partial charge in [0.2, 0.25) is 0 Å². The first-order chi connectivity index (χ1) is 12.9. The largest absolute Gasteiger partial charge is 0.481 e. The van der Waals surface area contributed by atoms with Gasteiger partial charge >= 0.3 is 0 Å². The molecule has 2 N–H and O–H groups in total. The van der Waals surface area contributed by atoms with Crippen molar-refractivity contribution in [1.82, 2.24) is 5.32 Å². The molecule has 0 aliphatic heterocycles. The summed E-state index contributed by atoms with van der Waals surface area (Å²) >= 11 is 0. The van der Waals surface area contributed by atoms with Crippen molar-refractivity contribution in [3.05, 3.63) is 59.7 Å². The predicted octanol–water partition coefficient (Wildman–Crippen LogP) is 4.32. The molecule has 0 fully saturated rings. The molecule has 144 valence electrons. The second-order valence-electron chi connectivity index (χ2n) is 6.68. The molecule has 5 heteroatoms. The Labute approximate surface area is 161 Å². The molecule has 0 radical (unpaired) electrons. The highest BCUT2D eigenvalue weighted by atomic mass is 16.5. The Morgan fingerprint density at radius 2 is 1.74 bits per heavy atom. The lowest BCUT2D eigenvalue weighted by Crippen LogP contribution is -2.33. The van der Waals surface area contributed by atoms with Crippen LogP contribution in [-0.2, 0) is 4.79 Å². The molecular formula is C22H28N2O3. The highest BCUT2D eigenvalue weighted by Gasteiger charge is 2.19. The maximum absolute atomic E-state index is 12.5. The third kappa shape index (κ3) is 6.13. The zero-order valence-electron chi connectivity index (χ0n) is 16.4. The van der Waals surface area contributed by atoms with E-state index in [9.17, 15) is 9.59 Å². The average molecular weight is 368 g/mol. The van der Waals surface area contributed by atoms with Gasteiger partial charge in [-0.1, -0.05) is 26.0 Å². The minimum Gasteiger partial charge on any atom is -0.481 e. The van der Waals surface area contributed by atoms with Gasteiger partial charge in [0.15, 0.2) is 6.10 Å². The highest BCUT2D eigenvalue weighted by Crippen LogP contribution is 2.17. The topological polar surface area (TPSA) is 67.4 Å². The summed E-state index contributed by atoms with van der Waals surface area (Å²) in [5.41, 5.74) is 2.27. The van der Waals surface area contributed by atoms with E-state index in [1.165, 1.54) is 0 Å². The first-order valence-electron chi connectivity index (χ1n) is 9.38. The van der Waals surface area contributed by atoms with E-state index in [1.807, 2.05) is 52.0 Å². The minimum atomic E-state index is -0.583. The van der Waals surface area contributed by atoms with Crippen molar-refractivity contribution < 1.29 is 14.3 Å². The van der Waals surface area contributed by atoms with E-state index in [0.29, 0.717) is 23.4 Å². The smallest absolute Gasteiger partial charge is 0.265 e. The Hall–Kier alpha value is -2.82. The molecule has 27 heavy (non-hydrogen) atoms. The van der Waals surface area contributed by atoms with Crippen LogP contribution in [-0.4, -0.2) is 24.0 Å². The standard InChI is InChI=1S/C22H28N2O3/c1-5-16(4)23-21(25)17-10-12-18(13-11-17)24-22(26)20(6-2)27-19-9-7-8-15(3)14-19/h7-14,16,20H,5-6H2,1-4H3,(H,23,25)(H,24,26). The minimum absolute atomic E-state index is 0.114. The van der Waals surface area contributed by atoms with Crippen LogP contribution in [0.2, 0.25) is 0 Å². The molecule has 2 unspecified atom stereocenters. The molecule has 0 spiro atoms. The number of nitrogens with one attached hydrogen (secondary N) is 2. The maximum atomic E-state index is 12.5. The number of ether oxygens (including phenoxy) is 1. The van der Waals surface area contributed by atoms with Crippen LogP contribution in [0, 0.1) is 6.92 Å². The van der Waals surface area contributed by atoms with Crippen LogP contribution in [0.15, 0.2) is 48.5 Å². The summed E-state index contributed by atoms with van der Waals surface area (Å²) in [6, 6.07) is 14.6. The number of anilines is 1. The molecule has 2 amide bonds. The van der Waals surface area contributed by atoms with Crippen LogP contribution in [0.3, 0.4) is 0 Å². The SMILES string of the molecule is CCC(C)NC(=O)c1ccc(NC(=O)C(CC)Oc2cccc(C)c2)cc1. The molecule has 0 aliphatic carbocycles. The van der Waals surface area contributed by atoms with Crippen LogP contribution in [0.25, 0.3) is 0 Å². The highest BCUT2D eigenvalue weighted by molar-refractivity contribution is 5.97. The monoisotopic (exact) mass is 368 g/mol. The molecule has 2 atom stereocenters. The van der Waals surface area contributed by atoms with Crippen LogP contribution >= 0.6 is 0 Å². The Kier molecular flexibility index (Phi) is 7.41. The zero-order chi connectivity index (χ0) is 19.8. The Morgan fingerprint density at radius 3 is 2.33 bits per heavy atom. The van der Waals surface area contributed by atoms with Crippen molar-refractivity contribution in [3.63, 3.8) is 0 Å². The van der Waals surface area contributed by atoms with Crippen molar-refractivity contribution in [2.75, 3.05) is 5.32 Å². The van der Waals surface area contributed by atoms with Crippen LogP contribution < -0.4 is 15.4 Å². The van der Waals surface area contributed by atoms with E-state index in [0.717, 1.165) is 12.0 Å². The normalized spacial score (nSPS) is 12.7. The molecule has 2 aromatic carbocycles. The summed E-state index contributed by atoms with van der Waals surface area (Å²) < 4.78 is 5.82. The first-order valence-corrected chi connectivity index (χ1v) is 9.38. The Balaban J connectivity index is 1.98. The summed E-state index contributed by atoms with van der Waals surface area (Å²) in [7, 11) is 0. The fourth-order valence-corrected chi connectivity index (χ4v) is 2.51. The van der Waals surface area contributed by atoms with Crippen LogP contribution in [0.1, 0.15) is 49.5 Å². The van der Waals surface area contributed by atoms with E-state index in [-0.39, 0.29) is 17.9 Å². The van der Waals surface area contributed by atoms with Gasteiger partial charge in [-0.25, -0.2) is 0 Å². The Bertz CT molecular complexity index is 771. The van der Waals surface area contributed by atoms with Gasteiger partial charge in [-0.2, -0.15) is 0 Å². The van der Waals surface area contributed by atoms with Gasteiger partial charge in [-0.3, -0.25) is 9.59 Å². The van der Waals surface area contributed by atoms with E-state index in [4.69, 9.17) is 4.74 Å². The van der Waals surface area contributed by atoms with Gasteiger partial charge in [-0.05, 0) is 68.7 Å². The van der Waals surface area contributed by atoms with Gasteiger partial charge in [-0.15, -0.1) is 0 Å². The summed E-state index contributed by atoms with van der Waals surface area (Å²) in [6.45, 7) is 7.87. The van der Waals surface area contributed by atoms with E-state index in [2.05, 4.69) is 10.6 Å². The summed E-state index contributed by atoms with van der Waals surface area (Å²) in [6.07, 6.45) is 0.842. The van der Waals surface area contributed by atoms with Crippen LogP contribution in [0.4, 0.5) is 5.69 Å². The maximum Gasteiger partial charge on any atom is 0.265 e. The molecule has 0 saturated carbocycles. The number of carbonyl (C=O) groups is 2. The molecule has 0 saturated heterocycles. The molecule has 0 bridgehead atoms. The fourth-order valence-electron chi connectivity index (χ4n) is 2.51. The van der Waals surface area contributed by atoms with E-state index >= 15 is 0 Å². The van der Waals surface area contributed by atoms with Gasteiger partial charge in [0.25, 0.3) is 11.8 Å². The second-order valence-corrected chi connectivity index (χ2v) is 6.68. The fraction of sp³-hybridized carbons (Fsp3) is 0.364. The lowest BCUT2D eigenvalue weighted by Gasteiger charge is -2.18. The molecule has 5 nitrogen and oxygen atoms in total. The molecular weight excluding hydrogens is 340 g/mol. The quantitative estimate of drug-likeness (QED) is 0.729. The van der Waals surface area contributed by atoms with Gasteiger partial charge in [0.05, 0.1) is 0 Å². The zero-order valence-corrected chi connectivity index (χ0v) is 16.4. The van der Waals surface area contributed by atoms with Gasteiger partial charge in [0, 0.05) is 17.3 Å². The molecule has 2 aromatic rings. The molecule has 2 rings (SSSR count).